The molecule has 0 aromatic heterocycles. The zero-order valence-electron chi connectivity index (χ0n) is 15.7. The maximum atomic E-state index is 11.3. The molecule has 27 heavy (non-hydrogen) atoms. The van der Waals surface area contributed by atoms with Crippen molar-refractivity contribution in [3.8, 4) is 0 Å². The Morgan fingerprint density at radius 2 is 1.96 bits per heavy atom. The van der Waals surface area contributed by atoms with Crippen LogP contribution in [0.2, 0.25) is 5.02 Å². The van der Waals surface area contributed by atoms with Crippen LogP contribution in [0.1, 0.15) is 30.4 Å². The van der Waals surface area contributed by atoms with Crippen molar-refractivity contribution in [2.45, 2.75) is 25.7 Å². The van der Waals surface area contributed by atoms with E-state index in [0.29, 0.717) is 5.92 Å². The summed E-state index contributed by atoms with van der Waals surface area (Å²) in [6.07, 6.45) is 2.34. The lowest BCUT2D eigenvalue weighted by molar-refractivity contribution is -0.114. The Kier molecular flexibility index (Phi) is 5.37. The monoisotopic (exact) mass is 383 g/mol. The molecule has 0 bridgehead atoms. The molecule has 142 valence electrons. The van der Waals surface area contributed by atoms with Crippen LogP contribution in [0.15, 0.2) is 42.5 Å². The number of halogens is 1. The summed E-state index contributed by atoms with van der Waals surface area (Å²) in [7, 11) is 0. The molecule has 0 radical (unpaired) electrons. The van der Waals surface area contributed by atoms with E-state index < -0.39 is 0 Å². The summed E-state index contributed by atoms with van der Waals surface area (Å²) in [5.41, 5.74) is 4.98. The summed E-state index contributed by atoms with van der Waals surface area (Å²) >= 11 is 6.13. The van der Waals surface area contributed by atoms with Crippen LogP contribution in [-0.2, 0) is 11.2 Å². The predicted octanol–water partition coefficient (Wildman–Crippen LogP) is 4.15. The van der Waals surface area contributed by atoms with Gasteiger partial charge in [-0.05, 0) is 60.2 Å². The summed E-state index contributed by atoms with van der Waals surface area (Å²) in [6.45, 7) is 6.87. The van der Waals surface area contributed by atoms with Gasteiger partial charge in [-0.3, -0.25) is 9.69 Å². The number of carbonyl (C=O) groups excluding carboxylic acids is 1. The molecular weight excluding hydrogens is 358 g/mol. The molecule has 1 aliphatic heterocycles. The molecule has 2 aromatic carbocycles. The van der Waals surface area contributed by atoms with Gasteiger partial charge < -0.3 is 10.2 Å². The van der Waals surface area contributed by atoms with E-state index in [1.807, 2.05) is 24.3 Å². The second-order valence-corrected chi connectivity index (χ2v) is 8.03. The molecular formula is C22H26ClN3O. The van der Waals surface area contributed by atoms with Crippen LogP contribution < -0.4 is 10.2 Å². The summed E-state index contributed by atoms with van der Waals surface area (Å²) in [5, 5.41) is 3.72. The molecule has 1 saturated heterocycles. The maximum Gasteiger partial charge on any atom is 0.221 e. The van der Waals surface area contributed by atoms with Gasteiger partial charge in [-0.15, -0.1) is 0 Å². The topological polar surface area (TPSA) is 35.6 Å². The van der Waals surface area contributed by atoms with Gasteiger partial charge in [0, 0.05) is 56.0 Å². The van der Waals surface area contributed by atoms with Crippen LogP contribution in [0.3, 0.4) is 0 Å². The van der Waals surface area contributed by atoms with Crippen molar-refractivity contribution < 1.29 is 4.79 Å². The summed E-state index contributed by atoms with van der Waals surface area (Å²) < 4.78 is 0. The second-order valence-electron chi connectivity index (χ2n) is 7.60. The van der Waals surface area contributed by atoms with Crippen molar-refractivity contribution in [1.29, 1.82) is 0 Å². The molecule has 4 rings (SSSR count). The minimum absolute atomic E-state index is 0.0124. The number of nitrogens with one attached hydrogen (secondary N) is 1. The fraction of sp³-hybridized carbons (Fsp3) is 0.409. The Morgan fingerprint density at radius 1 is 1.15 bits per heavy atom. The molecule has 1 atom stereocenters. The van der Waals surface area contributed by atoms with Crippen molar-refractivity contribution in [3.05, 3.63) is 58.6 Å². The molecule has 4 nitrogen and oxygen atoms in total. The number of hydrogen-bond acceptors (Lipinski definition) is 3. The lowest BCUT2D eigenvalue weighted by Gasteiger charge is -2.37. The largest absolute Gasteiger partial charge is 0.369 e. The van der Waals surface area contributed by atoms with E-state index in [0.717, 1.165) is 49.9 Å². The summed E-state index contributed by atoms with van der Waals surface area (Å²) in [4.78, 5) is 16.3. The van der Waals surface area contributed by atoms with Gasteiger partial charge in [0.1, 0.15) is 0 Å². The molecule has 5 heteroatoms. The highest BCUT2D eigenvalue weighted by Crippen LogP contribution is 2.35. The van der Waals surface area contributed by atoms with Gasteiger partial charge in [-0.25, -0.2) is 0 Å². The molecule has 0 saturated carbocycles. The normalized spacial score (nSPS) is 19.8. The highest BCUT2D eigenvalue weighted by Gasteiger charge is 2.26. The first-order valence-electron chi connectivity index (χ1n) is 9.72. The predicted molar refractivity (Wildman–Crippen MR) is 112 cm³/mol. The van der Waals surface area contributed by atoms with Crippen molar-refractivity contribution in [3.63, 3.8) is 0 Å². The summed E-state index contributed by atoms with van der Waals surface area (Å²) in [5.74, 6) is 0.549. The van der Waals surface area contributed by atoms with Gasteiger partial charge >= 0.3 is 0 Å². The zero-order valence-corrected chi connectivity index (χ0v) is 16.5. The van der Waals surface area contributed by atoms with Crippen LogP contribution in [0.25, 0.3) is 0 Å². The third-order valence-corrected chi connectivity index (χ3v) is 5.93. The Bertz CT molecular complexity index is 830. The number of anilines is 2. The van der Waals surface area contributed by atoms with Gasteiger partial charge in [-0.2, -0.15) is 0 Å². The van der Waals surface area contributed by atoms with Gasteiger partial charge in [0.15, 0.2) is 0 Å². The van der Waals surface area contributed by atoms with Crippen molar-refractivity contribution in [1.82, 2.24) is 4.90 Å². The third-order valence-electron chi connectivity index (χ3n) is 5.69. The van der Waals surface area contributed by atoms with E-state index in [-0.39, 0.29) is 5.91 Å². The number of nitrogens with zero attached hydrogens (tertiary/aromatic N) is 2. The Morgan fingerprint density at radius 3 is 2.70 bits per heavy atom. The fourth-order valence-corrected chi connectivity index (χ4v) is 4.52. The van der Waals surface area contributed by atoms with Crippen LogP contribution in [0.4, 0.5) is 11.4 Å². The van der Waals surface area contributed by atoms with Crippen LogP contribution in [0, 0.1) is 0 Å². The van der Waals surface area contributed by atoms with Crippen LogP contribution in [0.5, 0.6) is 0 Å². The van der Waals surface area contributed by atoms with E-state index in [9.17, 15) is 4.79 Å². The lowest BCUT2D eigenvalue weighted by Crippen LogP contribution is -2.47. The first-order valence-corrected chi connectivity index (χ1v) is 10.1. The quantitative estimate of drug-likeness (QED) is 0.861. The number of rotatable bonds is 4. The third kappa shape index (κ3) is 4.28. The zero-order chi connectivity index (χ0) is 18.8. The highest BCUT2D eigenvalue weighted by atomic mass is 35.5. The van der Waals surface area contributed by atoms with Crippen LogP contribution in [-0.4, -0.2) is 43.5 Å². The van der Waals surface area contributed by atoms with E-state index >= 15 is 0 Å². The molecule has 1 N–H and O–H groups in total. The van der Waals surface area contributed by atoms with Crippen molar-refractivity contribution in [2.75, 3.05) is 42.9 Å². The smallest absolute Gasteiger partial charge is 0.221 e. The number of aryl methyl sites for hydroxylation is 1. The van der Waals surface area contributed by atoms with Gasteiger partial charge in [0.05, 0.1) is 0 Å². The number of carbonyl (C=O) groups is 1. The van der Waals surface area contributed by atoms with E-state index in [1.54, 1.807) is 6.92 Å². The first-order chi connectivity index (χ1) is 13.1. The van der Waals surface area contributed by atoms with E-state index in [2.05, 4.69) is 33.3 Å². The van der Waals surface area contributed by atoms with E-state index in [4.69, 9.17) is 11.6 Å². The van der Waals surface area contributed by atoms with E-state index in [1.165, 1.54) is 23.2 Å². The number of fused-ring (bicyclic) bond motifs is 1. The fourth-order valence-electron chi connectivity index (χ4n) is 4.33. The molecule has 1 heterocycles. The SMILES string of the molecule is CC(=O)Nc1ccc2c(c1)C(CN1CCN(c3cccc(Cl)c3)CC1)CC2. The Labute approximate surface area is 166 Å². The molecule has 2 aromatic rings. The molecule has 1 fully saturated rings. The molecule has 1 unspecified atom stereocenters. The minimum atomic E-state index is -0.0124. The molecule has 1 aliphatic carbocycles. The number of benzene rings is 2. The number of piperazine rings is 1. The standard InChI is InChI=1S/C22H26ClN3O/c1-16(27)24-20-8-7-17-5-6-18(22(17)14-20)15-25-9-11-26(12-10-25)21-4-2-3-19(23)13-21/h2-4,7-8,13-14,18H,5-6,9-12,15H2,1H3,(H,24,27). The maximum absolute atomic E-state index is 11.3. The highest BCUT2D eigenvalue weighted by molar-refractivity contribution is 6.30. The number of amides is 1. The van der Waals surface area contributed by atoms with Crippen molar-refractivity contribution in [2.24, 2.45) is 0 Å². The minimum Gasteiger partial charge on any atom is -0.369 e. The second kappa shape index (κ2) is 7.91. The van der Waals surface area contributed by atoms with Crippen LogP contribution >= 0.6 is 11.6 Å². The summed E-state index contributed by atoms with van der Waals surface area (Å²) in [6, 6.07) is 14.5. The molecule has 1 amide bonds. The Hall–Kier alpha value is -2.04. The lowest BCUT2D eigenvalue weighted by atomic mass is 9.99. The molecule has 0 spiro atoms. The van der Waals surface area contributed by atoms with Gasteiger partial charge in [0.2, 0.25) is 5.91 Å². The molecule has 2 aliphatic rings. The Balaban J connectivity index is 1.37. The number of hydrogen-bond donors (Lipinski definition) is 1. The van der Waals surface area contributed by atoms with Gasteiger partial charge in [-0.1, -0.05) is 23.7 Å². The average Bonchev–Trinajstić information content (AvgIpc) is 3.04. The van der Waals surface area contributed by atoms with Gasteiger partial charge in [0.25, 0.3) is 0 Å². The first kappa shape index (κ1) is 18.3. The van der Waals surface area contributed by atoms with Crippen molar-refractivity contribution >= 4 is 28.9 Å². The average molecular weight is 384 g/mol.